The Morgan fingerprint density at radius 3 is 2.75 bits per heavy atom. The van der Waals surface area contributed by atoms with Gasteiger partial charge in [0, 0.05) is 29.7 Å². The van der Waals surface area contributed by atoms with Gasteiger partial charge in [0.15, 0.2) is 0 Å². The molecule has 3 nitrogen and oxygen atoms in total. The maximum absolute atomic E-state index is 12.9. The minimum Gasteiger partial charge on any atom is -0.358 e. The fourth-order valence-corrected chi connectivity index (χ4v) is 3.70. The number of carbonyl (C=O) groups is 1. The van der Waals surface area contributed by atoms with Crippen LogP contribution in [0, 0.1) is 13.8 Å². The summed E-state index contributed by atoms with van der Waals surface area (Å²) in [5.74, 6) is 0.218. The summed E-state index contributed by atoms with van der Waals surface area (Å²) in [6.07, 6.45) is 1.42. The number of nitrogens with zero attached hydrogens (tertiary/aromatic N) is 1. The van der Waals surface area contributed by atoms with Crippen LogP contribution in [0.2, 0.25) is 0 Å². The number of carbonyl (C=O) groups excluding carboxylic acids is 1. The number of aromatic amines is 1. The smallest absolute Gasteiger partial charge is 0.227 e. The number of H-pyrrole nitrogens is 1. The van der Waals surface area contributed by atoms with E-state index in [1.807, 2.05) is 4.90 Å². The Kier molecular flexibility index (Phi) is 3.64. The summed E-state index contributed by atoms with van der Waals surface area (Å²) in [6, 6.07) is 14.8. The third kappa shape index (κ3) is 2.60. The molecule has 122 valence electrons. The van der Waals surface area contributed by atoms with Gasteiger partial charge in [0.1, 0.15) is 0 Å². The number of hydrogen-bond acceptors (Lipinski definition) is 1. The normalized spacial score (nSPS) is 14.0. The fraction of sp³-hybridized carbons (Fsp3) is 0.286. The van der Waals surface area contributed by atoms with Gasteiger partial charge in [-0.25, -0.2) is 0 Å². The molecule has 0 atom stereocenters. The van der Waals surface area contributed by atoms with Crippen LogP contribution in [0.25, 0.3) is 10.9 Å². The van der Waals surface area contributed by atoms with Crippen molar-refractivity contribution in [2.75, 3.05) is 6.54 Å². The van der Waals surface area contributed by atoms with Crippen LogP contribution < -0.4 is 0 Å². The second kappa shape index (κ2) is 5.82. The summed E-state index contributed by atoms with van der Waals surface area (Å²) in [7, 11) is 0. The molecule has 2 aromatic carbocycles. The zero-order valence-electron chi connectivity index (χ0n) is 14.2. The van der Waals surface area contributed by atoms with Gasteiger partial charge in [0.25, 0.3) is 0 Å². The van der Waals surface area contributed by atoms with E-state index in [1.54, 1.807) is 0 Å². The van der Waals surface area contributed by atoms with Crippen LogP contribution >= 0.6 is 0 Å². The summed E-state index contributed by atoms with van der Waals surface area (Å²) in [5, 5.41) is 1.18. The maximum atomic E-state index is 12.9. The first-order valence-electron chi connectivity index (χ1n) is 8.54. The summed E-state index contributed by atoms with van der Waals surface area (Å²) in [5.41, 5.74) is 7.23. The van der Waals surface area contributed by atoms with Gasteiger partial charge in [-0.15, -0.1) is 0 Å². The third-order valence-electron chi connectivity index (χ3n) is 5.09. The standard InChI is InChI=1S/C21H22N2O/c1-14-7-8-20-19(11-14)18(15(2)22-20)12-21(24)23-10-9-16-5-3-4-6-17(16)13-23/h3-8,11,22H,9-10,12-13H2,1-2H3. The van der Waals surface area contributed by atoms with Gasteiger partial charge in [-0.1, -0.05) is 35.9 Å². The van der Waals surface area contributed by atoms with Gasteiger partial charge in [0.2, 0.25) is 5.91 Å². The Bertz CT molecular complexity index is 923. The highest BCUT2D eigenvalue weighted by Crippen LogP contribution is 2.25. The first-order valence-corrected chi connectivity index (χ1v) is 8.54. The number of nitrogens with one attached hydrogen (secondary N) is 1. The number of benzene rings is 2. The monoisotopic (exact) mass is 318 g/mol. The van der Waals surface area contributed by atoms with E-state index in [4.69, 9.17) is 0 Å². The quantitative estimate of drug-likeness (QED) is 0.764. The van der Waals surface area contributed by atoms with Crippen molar-refractivity contribution in [2.45, 2.75) is 33.2 Å². The highest BCUT2D eigenvalue weighted by atomic mass is 16.2. The molecule has 0 saturated heterocycles. The molecule has 1 aromatic heterocycles. The highest BCUT2D eigenvalue weighted by Gasteiger charge is 2.22. The number of rotatable bonds is 2. The molecule has 0 aliphatic carbocycles. The topological polar surface area (TPSA) is 36.1 Å². The van der Waals surface area contributed by atoms with Gasteiger partial charge >= 0.3 is 0 Å². The minimum atomic E-state index is 0.218. The molecule has 3 aromatic rings. The van der Waals surface area contributed by atoms with E-state index in [-0.39, 0.29) is 5.91 Å². The van der Waals surface area contributed by atoms with E-state index in [1.165, 1.54) is 22.1 Å². The van der Waals surface area contributed by atoms with Crippen LogP contribution in [0.5, 0.6) is 0 Å². The van der Waals surface area contributed by atoms with Gasteiger partial charge in [-0.2, -0.15) is 0 Å². The summed E-state index contributed by atoms with van der Waals surface area (Å²) in [4.78, 5) is 18.3. The van der Waals surface area contributed by atoms with E-state index in [2.05, 4.69) is 61.3 Å². The predicted octanol–water partition coefficient (Wildman–Crippen LogP) is 3.91. The Morgan fingerprint density at radius 2 is 1.92 bits per heavy atom. The SMILES string of the molecule is Cc1ccc2[nH]c(C)c(CC(=O)N3CCc4ccccc4C3)c2c1. The molecule has 4 rings (SSSR count). The van der Waals surface area contributed by atoms with Gasteiger partial charge < -0.3 is 9.88 Å². The molecule has 1 aliphatic heterocycles. The van der Waals surface area contributed by atoms with Crippen molar-refractivity contribution in [3.05, 3.63) is 70.4 Å². The molecule has 0 fully saturated rings. The van der Waals surface area contributed by atoms with Crippen molar-refractivity contribution in [1.29, 1.82) is 0 Å². The van der Waals surface area contributed by atoms with Crippen molar-refractivity contribution in [3.8, 4) is 0 Å². The van der Waals surface area contributed by atoms with Crippen LogP contribution in [-0.2, 0) is 24.2 Å². The summed E-state index contributed by atoms with van der Waals surface area (Å²) < 4.78 is 0. The predicted molar refractivity (Wildman–Crippen MR) is 97.0 cm³/mol. The average molecular weight is 318 g/mol. The van der Waals surface area contributed by atoms with Gasteiger partial charge in [0.05, 0.1) is 6.42 Å². The van der Waals surface area contributed by atoms with Crippen LogP contribution in [0.4, 0.5) is 0 Å². The lowest BCUT2D eigenvalue weighted by atomic mass is 9.99. The molecular formula is C21H22N2O. The molecular weight excluding hydrogens is 296 g/mol. The van der Waals surface area contributed by atoms with Crippen LogP contribution in [0.15, 0.2) is 42.5 Å². The van der Waals surface area contributed by atoms with E-state index in [0.717, 1.165) is 36.3 Å². The minimum absolute atomic E-state index is 0.218. The Morgan fingerprint density at radius 1 is 1.12 bits per heavy atom. The number of amides is 1. The van der Waals surface area contributed by atoms with Crippen LogP contribution in [0.3, 0.4) is 0 Å². The first-order chi connectivity index (χ1) is 11.6. The van der Waals surface area contributed by atoms with Gasteiger partial charge in [-0.3, -0.25) is 4.79 Å². The van der Waals surface area contributed by atoms with E-state index < -0.39 is 0 Å². The van der Waals surface area contributed by atoms with Crippen molar-refractivity contribution >= 4 is 16.8 Å². The molecule has 0 saturated carbocycles. The highest BCUT2D eigenvalue weighted by molar-refractivity contribution is 5.90. The Balaban J connectivity index is 1.59. The lowest BCUT2D eigenvalue weighted by Crippen LogP contribution is -2.36. The Labute approximate surface area is 142 Å². The molecule has 1 N–H and O–H groups in total. The second-order valence-electron chi connectivity index (χ2n) is 6.79. The molecule has 0 radical (unpaired) electrons. The molecule has 0 spiro atoms. The van der Waals surface area contributed by atoms with E-state index in [0.29, 0.717) is 6.42 Å². The Hall–Kier alpha value is -2.55. The average Bonchev–Trinajstić information content (AvgIpc) is 2.89. The summed E-state index contributed by atoms with van der Waals surface area (Å²) >= 11 is 0. The first kappa shape index (κ1) is 15.0. The zero-order chi connectivity index (χ0) is 16.7. The molecule has 2 heterocycles. The number of hydrogen-bond donors (Lipinski definition) is 1. The number of aromatic nitrogens is 1. The molecule has 3 heteroatoms. The molecule has 1 amide bonds. The van der Waals surface area contributed by atoms with E-state index in [9.17, 15) is 4.79 Å². The third-order valence-corrected chi connectivity index (χ3v) is 5.09. The van der Waals surface area contributed by atoms with Crippen molar-refractivity contribution in [2.24, 2.45) is 0 Å². The van der Waals surface area contributed by atoms with Crippen molar-refractivity contribution in [1.82, 2.24) is 9.88 Å². The van der Waals surface area contributed by atoms with E-state index >= 15 is 0 Å². The molecule has 1 aliphatic rings. The lowest BCUT2D eigenvalue weighted by Gasteiger charge is -2.29. The number of fused-ring (bicyclic) bond motifs is 2. The molecule has 24 heavy (non-hydrogen) atoms. The van der Waals surface area contributed by atoms with Gasteiger partial charge in [-0.05, 0) is 49.1 Å². The lowest BCUT2D eigenvalue weighted by molar-refractivity contribution is -0.131. The zero-order valence-corrected chi connectivity index (χ0v) is 14.2. The fourth-order valence-electron chi connectivity index (χ4n) is 3.70. The van der Waals surface area contributed by atoms with Crippen molar-refractivity contribution in [3.63, 3.8) is 0 Å². The second-order valence-corrected chi connectivity index (χ2v) is 6.79. The van der Waals surface area contributed by atoms with Crippen LogP contribution in [0.1, 0.15) is 27.9 Å². The number of aryl methyl sites for hydroxylation is 2. The summed E-state index contributed by atoms with van der Waals surface area (Å²) in [6.45, 7) is 5.70. The molecule has 0 bridgehead atoms. The van der Waals surface area contributed by atoms with Crippen LogP contribution in [-0.4, -0.2) is 22.3 Å². The maximum Gasteiger partial charge on any atom is 0.227 e. The van der Waals surface area contributed by atoms with Crippen molar-refractivity contribution < 1.29 is 4.79 Å². The largest absolute Gasteiger partial charge is 0.358 e. The molecule has 0 unspecified atom stereocenters.